The summed E-state index contributed by atoms with van der Waals surface area (Å²) in [5.74, 6) is -0.753. The number of alkyl halides is 6. The first-order valence-electron chi connectivity index (χ1n) is 11.4. The number of carbonyl (C=O) groups is 2. The minimum Gasteiger partial charge on any atom is -0.321 e. The molecule has 3 fully saturated rings. The lowest BCUT2D eigenvalue weighted by molar-refractivity contribution is -1.07. The fourth-order valence-electron chi connectivity index (χ4n) is 4.97. The van der Waals surface area contributed by atoms with Crippen LogP contribution < -0.4 is 10.6 Å². The number of benzene rings is 2. The summed E-state index contributed by atoms with van der Waals surface area (Å²) in [6, 6.07) is 8.96. The van der Waals surface area contributed by atoms with E-state index in [1.165, 1.54) is 24.3 Å². The molecule has 0 aliphatic carbocycles. The Balaban J connectivity index is 0.00000253. The monoisotopic (exact) mass is 588 g/mol. The summed E-state index contributed by atoms with van der Waals surface area (Å²) in [4.78, 5) is 25.2. The number of piperazine rings is 3. The number of hydrogen-bond donors (Lipinski definition) is 2. The number of quaternary nitrogens is 2. The van der Waals surface area contributed by atoms with Crippen molar-refractivity contribution in [2.24, 2.45) is 0 Å². The SMILES string of the molecule is Cl.Cl.O=C(C[N+]12CC[N+](CC(=O)Nc3cccc(C(F)(F)F)c3)(CC1)CC2)Nc1cccc(C(F)(F)F)c1. The van der Waals surface area contributed by atoms with Crippen molar-refractivity contribution in [3.63, 3.8) is 0 Å². The van der Waals surface area contributed by atoms with E-state index in [0.29, 0.717) is 48.2 Å². The molecule has 210 valence electrons. The first kappa shape index (κ1) is 31.7. The predicted octanol–water partition coefficient (Wildman–Crippen LogP) is 4.81. The number of carbonyl (C=O) groups excluding carboxylic acids is 2. The number of nitrogens with one attached hydrogen (secondary N) is 2. The molecule has 3 heterocycles. The molecule has 0 saturated carbocycles. The van der Waals surface area contributed by atoms with Crippen LogP contribution in [-0.4, -0.2) is 73.1 Å². The highest BCUT2D eigenvalue weighted by molar-refractivity contribution is 5.92. The molecule has 5 rings (SSSR count). The minimum absolute atomic E-state index is 0. The Bertz CT molecular complexity index is 1050. The molecular formula is C24H28Cl2F6N4O2+2. The van der Waals surface area contributed by atoms with Crippen LogP contribution in [0.1, 0.15) is 11.1 Å². The zero-order valence-electron chi connectivity index (χ0n) is 20.1. The van der Waals surface area contributed by atoms with Gasteiger partial charge in [0.2, 0.25) is 0 Å². The molecular weight excluding hydrogens is 561 g/mol. The van der Waals surface area contributed by atoms with Crippen LogP contribution in [0.4, 0.5) is 37.7 Å². The average molecular weight is 589 g/mol. The van der Waals surface area contributed by atoms with Gasteiger partial charge in [-0.05, 0) is 36.4 Å². The van der Waals surface area contributed by atoms with Gasteiger partial charge in [-0.1, -0.05) is 12.1 Å². The fraction of sp³-hybridized carbons (Fsp3) is 0.417. The number of halogens is 8. The van der Waals surface area contributed by atoms with Crippen molar-refractivity contribution >= 4 is 48.0 Å². The highest BCUT2D eigenvalue weighted by Crippen LogP contribution is 2.32. The number of fused-ring (bicyclic) bond motifs is 3. The summed E-state index contributed by atoms with van der Waals surface area (Å²) in [5.41, 5.74) is -1.51. The van der Waals surface area contributed by atoms with Crippen molar-refractivity contribution in [1.82, 2.24) is 0 Å². The number of amides is 2. The van der Waals surface area contributed by atoms with Gasteiger partial charge >= 0.3 is 12.4 Å². The molecule has 2 aromatic rings. The van der Waals surface area contributed by atoms with Gasteiger partial charge in [0, 0.05) is 11.4 Å². The second kappa shape index (κ2) is 11.7. The van der Waals surface area contributed by atoms with E-state index in [0.717, 1.165) is 24.3 Å². The second-order valence-electron chi connectivity index (χ2n) is 9.59. The summed E-state index contributed by atoms with van der Waals surface area (Å²) in [7, 11) is 0. The molecule has 0 spiro atoms. The van der Waals surface area contributed by atoms with Crippen molar-refractivity contribution in [1.29, 1.82) is 0 Å². The van der Waals surface area contributed by atoms with Crippen LogP contribution in [0.2, 0.25) is 0 Å². The van der Waals surface area contributed by atoms with Crippen LogP contribution in [0.5, 0.6) is 0 Å². The molecule has 3 aliphatic heterocycles. The lowest BCUT2D eigenvalue weighted by Crippen LogP contribution is -2.76. The van der Waals surface area contributed by atoms with E-state index in [1.54, 1.807) is 0 Å². The Morgan fingerprint density at radius 1 is 0.632 bits per heavy atom. The van der Waals surface area contributed by atoms with Crippen LogP contribution in [0.25, 0.3) is 0 Å². The summed E-state index contributed by atoms with van der Waals surface area (Å²) in [5, 5.41) is 5.12. The maximum Gasteiger partial charge on any atom is 0.416 e. The van der Waals surface area contributed by atoms with Crippen molar-refractivity contribution < 1.29 is 44.9 Å². The molecule has 3 aliphatic rings. The van der Waals surface area contributed by atoms with Crippen molar-refractivity contribution in [3.05, 3.63) is 59.7 Å². The van der Waals surface area contributed by atoms with E-state index in [-0.39, 0.29) is 61.1 Å². The predicted molar refractivity (Wildman–Crippen MR) is 134 cm³/mol. The first-order valence-corrected chi connectivity index (χ1v) is 11.4. The molecule has 0 aromatic heterocycles. The molecule has 2 N–H and O–H groups in total. The zero-order valence-corrected chi connectivity index (χ0v) is 21.7. The molecule has 38 heavy (non-hydrogen) atoms. The number of nitrogens with zero attached hydrogens (tertiary/aromatic N) is 2. The molecule has 0 radical (unpaired) electrons. The Labute approximate surface area is 228 Å². The maximum atomic E-state index is 12.9. The minimum atomic E-state index is -4.50. The van der Waals surface area contributed by atoms with Gasteiger partial charge in [0.25, 0.3) is 11.8 Å². The Kier molecular flexibility index (Phi) is 9.74. The maximum absolute atomic E-state index is 12.9. The van der Waals surface area contributed by atoms with Crippen molar-refractivity contribution in [2.75, 3.05) is 63.0 Å². The van der Waals surface area contributed by atoms with Crippen LogP contribution in [0.3, 0.4) is 0 Å². The van der Waals surface area contributed by atoms with Gasteiger partial charge in [0.05, 0.1) is 11.1 Å². The summed E-state index contributed by atoms with van der Waals surface area (Å²) in [6.45, 7) is 3.94. The largest absolute Gasteiger partial charge is 0.416 e. The van der Waals surface area contributed by atoms with Gasteiger partial charge in [-0.3, -0.25) is 9.59 Å². The van der Waals surface area contributed by atoms with E-state index in [1.807, 2.05) is 0 Å². The van der Waals surface area contributed by atoms with E-state index in [4.69, 9.17) is 0 Å². The van der Waals surface area contributed by atoms with Gasteiger partial charge in [0.15, 0.2) is 13.1 Å². The smallest absolute Gasteiger partial charge is 0.321 e. The standard InChI is InChI=1S/C24H24F6N4O2.2ClH/c25-23(26,27)17-3-1-5-19(13-17)31-21(35)15-33-7-10-34(11-8-33,12-9-33)16-22(36)32-20-6-2-4-18(14-20)24(28,29)30;;/h1-6,13-14H,7-12,15-16H2;2*1H/p+2. The summed E-state index contributed by atoms with van der Waals surface area (Å²) < 4.78 is 78.5. The van der Waals surface area contributed by atoms with E-state index >= 15 is 0 Å². The number of hydrogen-bond acceptors (Lipinski definition) is 2. The molecule has 14 heteroatoms. The summed E-state index contributed by atoms with van der Waals surface area (Å²) in [6.07, 6.45) is -9.01. The second-order valence-corrected chi connectivity index (χ2v) is 9.59. The topological polar surface area (TPSA) is 58.2 Å². The van der Waals surface area contributed by atoms with Gasteiger partial charge in [-0.15, -0.1) is 24.8 Å². The van der Waals surface area contributed by atoms with Gasteiger partial charge in [-0.25, -0.2) is 0 Å². The number of rotatable bonds is 6. The summed E-state index contributed by atoms with van der Waals surface area (Å²) >= 11 is 0. The highest BCUT2D eigenvalue weighted by Gasteiger charge is 2.50. The van der Waals surface area contributed by atoms with Gasteiger partial charge in [0.1, 0.15) is 39.3 Å². The molecule has 6 nitrogen and oxygen atoms in total. The third-order valence-electron chi connectivity index (χ3n) is 7.05. The Hall–Kier alpha value is -2.54. The normalized spacial score (nSPS) is 22.6. The van der Waals surface area contributed by atoms with Crippen molar-refractivity contribution in [3.8, 4) is 0 Å². The van der Waals surface area contributed by atoms with E-state index in [2.05, 4.69) is 10.6 Å². The highest BCUT2D eigenvalue weighted by atomic mass is 35.5. The van der Waals surface area contributed by atoms with Gasteiger partial charge in [-0.2, -0.15) is 26.3 Å². The van der Waals surface area contributed by atoms with Crippen LogP contribution >= 0.6 is 24.8 Å². The van der Waals surface area contributed by atoms with Crippen molar-refractivity contribution in [2.45, 2.75) is 12.4 Å². The van der Waals surface area contributed by atoms with Crippen LogP contribution in [-0.2, 0) is 21.9 Å². The Morgan fingerprint density at radius 3 is 1.24 bits per heavy atom. The molecule has 2 bridgehead atoms. The molecule has 3 saturated heterocycles. The van der Waals surface area contributed by atoms with Crippen LogP contribution in [0, 0.1) is 0 Å². The Morgan fingerprint density at radius 2 is 0.947 bits per heavy atom. The van der Waals surface area contributed by atoms with E-state index < -0.39 is 23.5 Å². The lowest BCUT2D eigenvalue weighted by atomic mass is 10.1. The first-order chi connectivity index (χ1) is 16.8. The zero-order chi connectivity index (χ0) is 26.2. The lowest BCUT2D eigenvalue weighted by Gasteiger charge is -2.54. The van der Waals surface area contributed by atoms with Crippen LogP contribution in [0.15, 0.2) is 48.5 Å². The molecule has 0 unspecified atom stereocenters. The molecule has 2 aromatic carbocycles. The van der Waals surface area contributed by atoms with E-state index in [9.17, 15) is 35.9 Å². The molecule has 2 amide bonds. The third-order valence-corrected chi connectivity index (χ3v) is 7.05. The van der Waals surface area contributed by atoms with Gasteiger partial charge < -0.3 is 19.6 Å². The fourth-order valence-corrected chi connectivity index (χ4v) is 4.97. The third kappa shape index (κ3) is 7.52. The quantitative estimate of drug-likeness (QED) is 0.376. The average Bonchev–Trinajstić information content (AvgIpc) is 2.79. The number of anilines is 2. The molecule has 0 atom stereocenters.